The molecule has 0 radical (unpaired) electrons. The van der Waals surface area contributed by atoms with Gasteiger partial charge in [0.25, 0.3) is 0 Å². The average Bonchev–Trinajstić information content (AvgIpc) is 3.10. The van der Waals surface area contributed by atoms with Crippen LogP contribution >= 0.6 is 15.9 Å². The third kappa shape index (κ3) is 3.49. The minimum atomic E-state index is -0.987. The normalized spacial score (nSPS) is 15.5. The number of carboxylic acid groups (broad SMARTS) is 1. The van der Waals surface area contributed by atoms with E-state index in [1.165, 1.54) is 11.1 Å². The quantitative estimate of drug-likeness (QED) is 0.835. The third-order valence-electron chi connectivity index (χ3n) is 4.64. The van der Waals surface area contributed by atoms with Crippen LogP contribution in [-0.4, -0.2) is 26.1 Å². The van der Waals surface area contributed by atoms with Gasteiger partial charge in [-0.05, 0) is 36.6 Å². The van der Waals surface area contributed by atoms with Crippen LogP contribution in [0.4, 0.5) is 4.79 Å². The maximum absolute atomic E-state index is 12.1. The summed E-state index contributed by atoms with van der Waals surface area (Å²) in [5, 5.41) is 19.0. The van der Waals surface area contributed by atoms with Gasteiger partial charge in [-0.2, -0.15) is 5.26 Å². The van der Waals surface area contributed by atoms with Gasteiger partial charge in [-0.25, -0.2) is 14.8 Å². The molecule has 1 aliphatic carbocycles. The number of nitriles is 1. The second-order valence-corrected chi connectivity index (χ2v) is 7.03. The van der Waals surface area contributed by atoms with Gasteiger partial charge in [0.2, 0.25) is 5.82 Å². The summed E-state index contributed by atoms with van der Waals surface area (Å²) in [6.07, 6.45) is 3.77. The Morgan fingerprint density at radius 3 is 2.76 bits per heavy atom. The molecule has 2 aromatic rings. The van der Waals surface area contributed by atoms with Crippen LogP contribution in [0.5, 0.6) is 0 Å². The maximum Gasteiger partial charge on any atom is 0.408 e. The molecule has 1 fully saturated rings. The van der Waals surface area contributed by atoms with Crippen molar-refractivity contribution in [3.05, 3.63) is 58.1 Å². The van der Waals surface area contributed by atoms with E-state index in [2.05, 4.69) is 25.9 Å². The third-order valence-corrected chi connectivity index (χ3v) is 5.13. The van der Waals surface area contributed by atoms with Crippen molar-refractivity contribution in [3.8, 4) is 6.07 Å². The molecule has 1 aromatic carbocycles. The van der Waals surface area contributed by atoms with Crippen LogP contribution in [0.3, 0.4) is 0 Å². The molecule has 1 saturated carbocycles. The molecule has 0 bridgehead atoms. The number of halogens is 1. The fraction of sp³-hybridized carbons (Fsp3) is 0.333. The number of hydrogen-bond acceptors (Lipinski definition) is 4. The van der Waals surface area contributed by atoms with Gasteiger partial charge in [0.05, 0.1) is 11.2 Å². The average molecular weight is 401 g/mol. The molecule has 0 saturated heterocycles. The largest absolute Gasteiger partial charge is 0.465 e. The summed E-state index contributed by atoms with van der Waals surface area (Å²) in [5.41, 5.74) is 0.787. The van der Waals surface area contributed by atoms with Crippen molar-refractivity contribution in [1.82, 2.24) is 14.9 Å². The van der Waals surface area contributed by atoms with Crippen LogP contribution in [0.2, 0.25) is 0 Å². The first kappa shape index (κ1) is 17.4. The lowest BCUT2D eigenvalue weighted by Gasteiger charge is -2.39. The summed E-state index contributed by atoms with van der Waals surface area (Å²) in [4.78, 5) is 21.8. The number of hydrogen-bond donors (Lipinski definition) is 1. The molecule has 1 aliphatic rings. The Labute approximate surface area is 154 Å². The van der Waals surface area contributed by atoms with Gasteiger partial charge in [-0.1, -0.05) is 40.9 Å². The SMILES string of the molecule is N#Cc1nccc(C2(N(Cc3cccc(Br)c3)C(=O)O)CCCC2)n1. The molecule has 1 heterocycles. The van der Waals surface area contributed by atoms with E-state index in [9.17, 15) is 9.90 Å². The highest BCUT2D eigenvalue weighted by Crippen LogP contribution is 2.44. The monoisotopic (exact) mass is 400 g/mol. The first-order chi connectivity index (χ1) is 12.0. The van der Waals surface area contributed by atoms with Crippen molar-refractivity contribution in [1.29, 1.82) is 5.26 Å². The van der Waals surface area contributed by atoms with Crippen molar-refractivity contribution >= 4 is 22.0 Å². The molecule has 6 nitrogen and oxygen atoms in total. The van der Waals surface area contributed by atoms with Crippen LogP contribution in [0.15, 0.2) is 41.0 Å². The zero-order valence-corrected chi connectivity index (χ0v) is 15.1. The van der Waals surface area contributed by atoms with Gasteiger partial charge >= 0.3 is 6.09 Å². The predicted molar refractivity (Wildman–Crippen MR) is 94.6 cm³/mol. The Morgan fingerprint density at radius 1 is 1.36 bits per heavy atom. The topological polar surface area (TPSA) is 90.1 Å². The molecule has 1 N–H and O–H groups in total. The summed E-state index contributed by atoms with van der Waals surface area (Å²) in [7, 11) is 0. The van der Waals surface area contributed by atoms with E-state index in [-0.39, 0.29) is 12.4 Å². The van der Waals surface area contributed by atoms with E-state index < -0.39 is 11.6 Å². The van der Waals surface area contributed by atoms with Crippen molar-refractivity contribution in [2.24, 2.45) is 0 Å². The Morgan fingerprint density at radius 2 is 2.12 bits per heavy atom. The highest BCUT2D eigenvalue weighted by molar-refractivity contribution is 9.10. The van der Waals surface area contributed by atoms with E-state index in [1.807, 2.05) is 30.3 Å². The van der Waals surface area contributed by atoms with Crippen molar-refractivity contribution in [3.63, 3.8) is 0 Å². The lowest BCUT2D eigenvalue weighted by atomic mass is 9.90. The zero-order chi connectivity index (χ0) is 17.9. The Hall–Kier alpha value is -2.46. The molecule has 7 heteroatoms. The molecule has 25 heavy (non-hydrogen) atoms. The summed E-state index contributed by atoms with van der Waals surface area (Å²) in [6, 6.07) is 11.3. The summed E-state index contributed by atoms with van der Waals surface area (Å²) < 4.78 is 0.907. The molecule has 1 amide bonds. The van der Waals surface area contributed by atoms with Gasteiger partial charge in [-0.15, -0.1) is 0 Å². The van der Waals surface area contributed by atoms with Crippen LogP contribution in [0, 0.1) is 11.3 Å². The zero-order valence-electron chi connectivity index (χ0n) is 13.5. The maximum atomic E-state index is 12.1. The lowest BCUT2D eigenvalue weighted by molar-refractivity contribution is 0.0671. The highest BCUT2D eigenvalue weighted by atomic mass is 79.9. The standard InChI is InChI=1S/C18H17BrN4O2/c19-14-5-3-4-13(10-14)12-23(17(24)25)18(7-1-2-8-18)15-6-9-21-16(11-20)22-15/h3-6,9-10H,1-2,7-8,12H2,(H,24,25). The fourth-order valence-electron chi connectivity index (χ4n) is 3.52. The van der Waals surface area contributed by atoms with E-state index in [4.69, 9.17) is 5.26 Å². The van der Waals surface area contributed by atoms with Crippen LogP contribution in [0.25, 0.3) is 0 Å². The van der Waals surface area contributed by atoms with Gasteiger partial charge < -0.3 is 5.11 Å². The highest BCUT2D eigenvalue weighted by Gasteiger charge is 2.45. The number of aromatic nitrogens is 2. The van der Waals surface area contributed by atoms with Gasteiger partial charge in [0.1, 0.15) is 6.07 Å². The van der Waals surface area contributed by atoms with Gasteiger partial charge in [0, 0.05) is 17.2 Å². The summed E-state index contributed by atoms with van der Waals surface area (Å²) >= 11 is 3.43. The fourth-order valence-corrected chi connectivity index (χ4v) is 3.96. The van der Waals surface area contributed by atoms with Gasteiger partial charge in [-0.3, -0.25) is 4.90 Å². The van der Waals surface area contributed by atoms with E-state index >= 15 is 0 Å². The molecular weight excluding hydrogens is 384 g/mol. The van der Waals surface area contributed by atoms with E-state index in [0.717, 1.165) is 22.9 Å². The van der Waals surface area contributed by atoms with E-state index in [1.54, 1.807) is 6.07 Å². The Kier molecular flexibility index (Phi) is 5.00. The summed E-state index contributed by atoms with van der Waals surface area (Å²) in [5.74, 6) is 0.0663. The minimum Gasteiger partial charge on any atom is -0.465 e. The molecule has 0 aliphatic heterocycles. The number of amides is 1. The molecule has 3 rings (SSSR count). The van der Waals surface area contributed by atoms with Crippen molar-refractivity contribution in [2.45, 2.75) is 37.8 Å². The van der Waals surface area contributed by atoms with Crippen molar-refractivity contribution < 1.29 is 9.90 Å². The molecule has 1 aromatic heterocycles. The molecule has 0 atom stereocenters. The second-order valence-electron chi connectivity index (χ2n) is 6.11. The second kappa shape index (κ2) is 7.19. The summed E-state index contributed by atoms with van der Waals surface area (Å²) in [6.45, 7) is 0.265. The molecule has 128 valence electrons. The van der Waals surface area contributed by atoms with Gasteiger partial charge in [0.15, 0.2) is 0 Å². The van der Waals surface area contributed by atoms with Crippen LogP contribution in [-0.2, 0) is 12.1 Å². The Bertz CT molecular complexity index is 828. The van der Waals surface area contributed by atoms with Crippen molar-refractivity contribution in [2.75, 3.05) is 0 Å². The first-order valence-corrected chi connectivity index (χ1v) is 8.83. The predicted octanol–water partition coefficient (Wildman–Crippen LogP) is 4.06. The number of carbonyl (C=O) groups is 1. The number of rotatable bonds is 4. The molecular formula is C18H17BrN4O2. The molecule has 0 unspecified atom stereocenters. The van der Waals surface area contributed by atoms with E-state index in [0.29, 0.717) is 18.5 Å². The first-order valence-electron chi connectivity index (χ1n) is 8.04. The molecule has 0 spiro atoms. The number of nitrogens with zero attached hydrogens (tertiary/aromatic N) is 4. The lowest BCUT2D eigenvalue weighted by Crippen LogP contribution is -2.47. The number of benzene rings is 1. The Balaban J connectivity index is 2.03. The van der Waals surface area contributed by atoms with Crippen LogP contribution in [0.1, 0.15) is 42.8 Å². The smallest absolute Gasteiger partial charge is 0.408 e. The van der Waals surface area contributed by atoms with Crippen LogP contribution < -0.4 is 0 Å². The minimum absolute atomic E-state index is 0.0663.